The van der Waals surface area contributed by atoms with Gasteiger partial charge in [-0.05, 0) is 112 Å². The van der Waals surface area contributed by atoms with Crippen LogP contribution in [0, 0.1) is 58.2 Å². The Labute approximate surface area is 242 Å². The molecule has 41 heavy (non-hydrogen) atoms. The van der Waals surface area contributed by atoms with Gasteiger partial charge in [0, 0.05) is 62.2 Å². The molecule has 12 aliphatic rings. The van der Waals surface area contributed by atoms with Crippen molar-refractivity contribution in [3.63, 3.8) is 0 Å². The maximum absolute atomic E-state index is 11.5. The first-order valence-corrected chi connectivity index (χ1v) is 17.5. The minimum atomic E-state index is -0.622. The smallest absolute Gasteiger partial charge is 0.210 e. The third kappa shape index (κ3) is 2.84. The third-order valence-electron chi connectivity index (χ3n) is 16.0. The van der Waals surface area contributed by atoms with Crippen molar-refractivity contribution in [2.75, 3.05) is 0 Å². The van der Waals surface area contributed by atoms with E-state index in [1.165, 1.54) is 83.5 Å². The summed E-state index contributed by atoms with van der Waals surface area (Å²) in [6, 6.07) is 0. The summed E-state index contributed by atoms with van der Waals surface area (Å²) >= 11 is 0. The molecule has 224 valence electrons. The molecule has 10 aliphatic carbocycles. The Hall–Kier alpha value is -0.570. The number of Topliss-reactive ketones (excluding diaryl/α,β-unsaturated/α-hetero) is 1. The molecule has 12 fully saturated rings. The summed E-state index contributed by atoms with van der Waals surface area (Å²) in [6.07, 6.45) is 21.8. The first-order chi connectivity index (χ1) is 19.9. The normalized spacial score (nSPS) is 60.0. The van der Waals surface area contributed by atoms with Gasteiger partial charge in [0.1, 0.15) is 5.78 Å². The highest BCUT2D eigenvalue weighted by Gasteiger charge is 2.78. The fraction of sp³-hybridized carbons (Fsp3) is 0.971. The van der Waals surface area contributed by atoms with Gasteiger partial charge in [0.05, 0.1) is 0 Å². The second-order valence-electron chi connectivity index (χ2n) is 17.2. The zero-order valence-corrected chi connectivity index (χ0v) is 24.4. The number of rotatable bonds is 0. The van der Waals surface area contributed by atoms with E-state index in [9.17, 15) is 4.79 Å². The summed E-state index contributed by atoms with van der Waals surface area (Å²) in [5.74, 6) is 4.57. The van der Waals surface area contributed by atoms with Crippen LogP contribution in [0.4, 0.5) is 0 Å². The second-order valence-corrected chi connectivity index (χ2v) is 17.2. The summed E-state index contributed by atoms with van der Waals surface area (Å²) in [4.78, 5) is 35.3. The van der Waals surface area contributed by atoms with Crippen LogP contribution in [0.25, 0.3) is 0 Å². The van der Waals surface area contributed by atoms with Crippen LogP contribution in [-0.2, 0) is 33.8 Å². The number of carbonyl (C=O) groups is 1. The van der Waals surface area contributed by atoms with E-state index in [0.717, 1.165) is 41.9 Å². The van der Waals surface area contributed by atoms with Gasteiger partial charge in [-0.2, -0.15) is 19.6 Å². The lowest BCUT2D eigenvalue weighted by molar-refractivity contribution is -0.374. The maximum atomic E-state index is 11.5. The van der Waals surface area contributed by atoms with Crippen LogP contribution in [0.5, 0.6) is 0 Å². The molecule has 7 nitrogen and oxygen atoms in total. The standard InChI is InChI=1S/C17H22O4.C17H24O3/c18-14-1-3-16(4-2-14)19-17(21-20-16)12-6-10-5-11-7-13(17)9-15(10,11)8-12;1-2-4-16(5-3-1)18-17(20-19-16)13-7-11-6-12-8-14(17)10-15(11,12)9-13/h10-13H,1-9H2;11-14H,1-10H2. The Kier molecular flexibility index (Phi) is 4.59. The van der Waals surface area contributed by atoms with Crippen LogP contribution in [-0.4, -0.2) is 28.9 Å². The van der Waals surface area contributed by atoms with E-state index in [0.29, 0.717) is 60.6 Å². The summed E-state index contributed by atoms with van der Waals surface area (Å²) in [5, 5.41) is 0. The molecule has 8 unspecified atom stereocenters. The molecule has 12 rings (SSSR count). The van der Waals surface area contributed by atoms with Crippen molar-refractivity contribution >= 4 is 5.78 Å². The molecule has 0 aromatic carbocycles. The van der Waals surface area contributed by atoms with Gasteiger partial charge in [-0.1, -0.05) is 6.42 Å². The van der Waals surface area contributed by atoms with Crippen LogP contribution in [0.1, 0.15) is 122 Å². The van der Waals surface area contributed by atoms with Gasteiger partial charge in [-0.3, -0.25) is 4.79 Å². The van der Waals surface area contributed by atoms with Crippen molar-refractivity contribution in [2.24, 2.45) is 58.2 Å². The molecule has 2 aliphatic heterocycles. The van der Waals surface area contributed by atoms with Gasteiger partial charge in [0.2, 0.25) is 23.1 Å². The zero-order valence-electron chi connectivity index (χ0n) is 24.4. The minimum Gasteiger partial charge on any atom is -0.312 e. The van der Waals surface area contributed by atoms with Crippen molar-refractivity contribution in [3.05, 3.63) is 0 Å². The summed E-state index contributed by atoms with van der Waals surface area (Å²) in [6.45, 7) is 0. The SMILES string of the molecule is C1CCC2(CC1)OOC1(O2)C2CC3CC4CC1CC34C2.O=C1CCC2(CC1)OOC1(O2)C2CC3CC4CC1CC34C2. The molecular formula is C34H46O7. The van der Waals surface area contributed by atoms with Gasteiger partial charge in [0.25, 0.3) is 0 Å². The summed E-state index contributed by atoms with van der Waals surface area (Å²) in [5.41, 5.74) is 1.38. The predicted molar refractivity (Wildman–Crippen MR) is 143 cm³/mol. The second kappa shape index (κ2) is 7.62. The Morgan fingerprint density at radius 1 is 0.463 bits per heavy atom. The van der Waals surface area contributed by atoms with Crippen LogP contribution >= 0.6 is 0 Å². The Bertz CT molecular complexity index is 1130. The van der Waals surface area contributed by atoms with Gasteiger partial charge < -0.3 is 9.47 Å². The molecule has 8 atom stereocenters. The fourth-order valence-electron chi connectivity index (χ4n) is 14.1. The molecule has 10 saturated carbocycles. The number of fused-ring (bicyclic) bond motifs is 8. The highest BCUT2D eigenvalue weighted by molar-refractivity contribution is 5.79. The lowest BCUT2D eigenvalue weighted by Crippen LogP contribution is -2.50. The van der Waals surface area contributed by atoms with Gasteiger partial charge >= 0.3 is 0 Å². The minimum absolute atomic E-state index is 0.333. The lowest BCUT2D eigenvalue weighted by Gasteiger charge is -2.49. The molecule has 0 N–H and O–H groups in total. The molecule has 7 heteroatoms. The molecule has 0 amide bonds. The van der Waals surface area contributed by atoms with Gasteiger partial charge in [-0.25, -0.2) is 0 Å². The summed E-state index contributed by atoms with van der Waals surface area (Å²) < 4.78 is 13.3. The van der Waals surface area contributed by atoms with E-state index in [-0.39, 0.29) is 11.6 Å². The van der Waals surface area contributed by atoms with Crippen molar-refractivity contribution in [3.8, 4) is 0 Å². The van der Waals surface area contributed by atoms with Crippen molar-refractivity contribution in [2.45, 2.75) is 145 Å². The molecule has 2 saturated heterocycles. The van der Waals surface area contributed by atoms with E-state index in [4.69, 9.17) is 29.0 Å². The number of carbonyl (C=O) groups excluding carboxylic acids is 1. The fourth-order valence-corrected chi connectivity index (χ4v) is 14.1. The first kappa shape index (κ1) is 24.7. The van der Waals surface area contributed by atoms with Crippen molar-refractivity contribution < 1.29 is 33.8 Å². The molecule has 2 heterocycles. The van der Waals surface area contributed by atoms with Crippen LogP contribution in [0.2, 0.25) is 0 Å². The molecule has 0 aromatic rings. The highest BCUT2D eigenvalue weighted by Crippen LogP contribution is 2.80. The Morgan fingerprint density at radius 2 is 0.854 bits per heavy atom. The van der Waals surface area contributed by atoms with Gasteiger partial charge in [0.15, 0.2) is 0 Å². The monoisotopic (exact) mass is 566 g/mol. The highest BCUT2D eigenvalue weighted by atomic mass is 17.3. The van der Waals surface area contributed by atoms with E-state index < -0.39 is 11.6 Å². The Balaban J connectivity index is 0.000000106. The third-order valence-corrected chi connectivity index (χ3v) is 16.0. The number of ketones is 1. The van der Waals surface area contributed by atoms with Crippen molar-refractivity contribution in [1.29, 1.82) is 0 Å². The average Bonchev–Trinajstić information content (AvgIpc) is 3.76. The van der Waals surface area contributed by atoms with Crippen LogP contribution in [0.3, 0.4) is 0 Å². The number of hydrogen-bond donors (Lipinski definition) is 0. The maximum Gasteiger partial charge on any atom is 0.210 e. The number of ether oxygens (including phenoxy) is 2. The van der Waals surface area contributed by atoms with Crippen LogP contribution < -0.4 is 0 Å². The first-order valence-electron chi connectivity index (χ1n) is 17.5. The number of hydrogen-bond acceptors (Lipinski definition) is 7. The van der Waals surface area contributed by atoms with Crippen molar-refractivity contribution in [1.82, 2.24) is 0 Å². The van der Waals surface area contributed by atoms with E-state index >= 15 is 0 Å². The van der Waals surface area contributed by atoms with E-state index in [1.807, 2.05) is 0 Å². The Morgan fingerprint density at radius 3 is 1.29 bits per heavy atom. The average molecular weight is 567 g/mol. The molecule has 0 aromatic heterocycles. The summed E-state index contributed by atoms with van der Waals surface area (Å²) in [7, 11) is 0. The largest absolute Gasteiger partial charge is 0.312 e. The topological polar surface area (TPSA) is 72.5 Å². The van der Waals surface area contributed by atoms with Crippen LogP contribution in [0.15, 0.2) is 0 Å². The van der Waals surface area contributed by atoms with Gasteiger partial charge in [-0.15, -0.1) is 0 Å². The van der Waals surface area contributed by atoms with E-state index in [1.54, 1.807) is 0 Å². The quantitative estimate of drug-likeness (QED) is 0.301. The molecular weight excluding hydrogens is 520 g/mol. The molecule has 6 bridgehead atoms. The van der Waals surface area contributed by atoms with E-state index in [2.05, 4.69) is 0 Å². The lowest BCUT2D eigenvalue weighted by atomic mass is 9.56. The molecule has 0 radical (unpaired) electrons. The molecule has 6 spiro atoms. The predicted octanol–water partition coefficient (Wildman–Crippen LogP) is 6.73. The zero-order chi connectivity index (χ0) is 26.9.